The maximum atomic E-state index is 12.6. The van der Waals surface area contributed by atoms with Crippen molar-refractivity contribution in [2.24, 2.45) is 4.99 Å². The maximum absolute atomic E-state index is 12.6. The number of hydrogen-bond acceptors (Lipinski definition) is 6. The number of nitrogens with one attached hydrogen (secondary N) is 2. The molecule has 0 aliphatic carbocycles. The van der Waals surface area contributed by atoms with Gasteiger partial charge in [0.15, 0.2) is 5.96 Å². The van der Waals surface area contributed by atoms with E-state index in [0.717, 1.165) is 5.56 Å². The van der Waals surface area contributed by atoms with Crippen LogP contribution in [0.15, 0.2) is 46.1 Å². The van der Waals surface area contributed by atoms with Gasteiger partial charge in [-0.15, -0.1) is 0 Å². The highest BCUT2D eigenvalue weighted by molar-refractivity contribution is 7.88. The zero-order valence-corrected chi connectivity index (χ0v) is 17.9. The number of aliphatic imine (C=N–C) groups is 1. The predicted molar refractivity (Wildman–Crippen MR) is 112 cm³/mol. The number of benzene rings is 1. The molecule has 0 atom stereocenters. The second-order valence-electron chi connectivity index (χ2n) is 6.81. The first-order valence-electron chi connectivity index (χ1n) is 9.56. The quantitative estimate of drug-likeness (QED) is 0.494. The third-order valence-electron chi connectivity index (χ3n) is 4.83. The molecule has 1 aliphatic heterocycles. The van der Waals surface area contributed by atoms with Crippen LogP contribution in [0.1, 0.15) is 21.6 Å². The number of carbonyl (C=O) groups is 1. The molecule has 1 saturated heterocycles. The van der Waals surface area contributed by atoms with Gasteiger partial charge in [0.2, 0.25) is 10.0 Å². The van der Waals surface area contributed by atoms with Crippen LogP contribution in [0.4, 0.5) is 0 Å². The van der Waals surface area contributed by atoms with Crippen molar-refractivity contribution in [3.63, 3.8) is 0 Å². The van der Waals surface area contributed by atoms with Crippen molar-refractivity contribution >= 4 is 21.9 Å². The summed E-state index contributed by atoms with van der Waals surface area (Å²) in [6.07, 6.45) is 1.36. The highest BCUT2D eigenvalue weighted by Crippen LogP contribution is 2.13. The standard InChI is InChI=1S/C19H26N6O4S/c1-20-18(26)16-5-3-4-15(12-16)13-22-19(21-2)24-7-9-25(10-8-24)30(27,28)14-17-6-11-29-23-17/h3-6,11-12H,7-10,13-14H2,1-2H3,(H,20,26)(H,21,22). The van der Waals surface area contributed by atoms with Gasteiger partial charge in [-0.05, 0) is 17.7 Å². The molecule has 0 unspecified atom stereocenters. The minimum atomic E-state index is -3.45. The van der Waals surface area contributed by atoms with Crippen LogP contribution in [0.2, 0.25) is 0 Å². The van der Waals surface area contributed by atoms with Crippen LogP contribution in [0.25, 0.3) is 0 Å². The Balaban J connectivity index is 1.54. The van der Waals surface area contributed by atoms with Gasteiger partial charge in [-0.2, -0.15) is 4.31 Å². The minimum absolute atomic E-state index is 0.135. The molecular weight excluding hydrogens is 408 g/mol. The number of sulfonamides is 1. The first-order chi connectivity index (χ1) is 14.4. The number of guanidine groups is 1. The lowest BCUT2D eigenvalue weighted by Gasteiger charge is -2.35. The van der Waals surface area contributed by atoms with Gasteiger partial charge >= 0.3 is 0 Å². The maximum Gasteiger partial charge on any atom is 0.251 e. The summed E-state index contributed by atoms with van der Waals surface area (Å²) in [4.78, 5) is 18.1. The normalized spacial score (nSPS) is 15.8. The van der Waals surface area contributed by atoms with Crippen molar-refractivity contribution in [2.75, 3.05) is 40.3 Å². The number of nitrogens with zero attached hydrogens (tertiary/aromatic N) is 4. The summed E-state index contributed by atoms with van der Waals surface area (Å²) in [5, 5.41) is 9.58. The summed E-state index contributed by atoms with van der Waals surface area (Å²) in [6.45, 7) is 2.29. The van der Waals surface area contributed by atoms with Crippen molar-refractivity contribution in [1.82, 2.24) is 25.0 Å². The number of rotatable bonds is 6. The smallest absolute Gasteiger partial charge is 0.251 e. The Labute approximate surface area is 176 Å². The molecular formula is C19H26N6O4S. The number of carbonyl (C=O) groups excluding carboxylic acids is 1. The van der Waals surface area contributed by atoms with E-state index in [1.165, 1.54) is 10.6 Å². The molecule has 2 aromatic rings. The molecule has 10 nitrogen and oxygen atoms in total. The summed E-state index contributed by atoms with van der Waals surface area (Å²) in [7, 11) is -0.158. The second-order valence-corrected chi connectivity index (χ2v) is 8.78. The monoisotopic (exact) mass is 434 g/mol. The Bertz CT molecular complexity index is 982. The average molecular weight is 435 g/mol. The molecule has 1 amide bonds. The summed E-state index contributed by atoms with van der Waals surface area (Å²) >= 11 is 0. The van der Waals surface area contributed by atoms with E-state index in [0.29, 0.717) is 49.9 Å². The fourth-order valence-corrected chi connectivity index (χ4v) is 4.67. The van der Waals surface area contributed by atoms with Gasteiger partial charge in [0.1, 0.15) is 12.0 Å². The number of hydrogen-bond donors (Lipinski definition) is 2. The SMILES string of the molecule is CN=C(NCc1cccc(C(=O)NC)c1)N1CCN(S(=O)(=O)Cc2ccon2)CC1. The zero-order valence-electron chi connectivity index (χ0n) is 17.0. The van der Waals surface area contributed by atoms with Gasteiger partial charge < -0.3 is 20.1 Å². The fourth-order valence-electron chi connectivity index (χ4n) is 3.25. The molecule has 0 radical (unpaired) electrons. The van der Waals surface area contributed by atoms with E-state index in [2.05, 4.69) is 20.8 Å². The number of aromatic nitrogens is 1. The van der Waals surface area contributed by atoms with E-state index in [9.17, 15) is 13.2 Å². The number of amides is 1. The Morgan fingerprint density at radius 1 is 1.23 bits per heavy atom. The first kappa shape index (κ1) is 21.8. The van der Waals surface area contributed by atoms with Crippen molar-refractivity contribution in [1.29, 1.82) is 0 Å². The Hall–Kier alpha value is -2.92. The van der Waals surface area contributed by atoms with Gasteiger partial charge in [0.05, 0.1) is 5.69 Å². The van der Waals surface area contributed by atoms with Gasteiger partial charge in [-0.3, -0.25) is 9.79 Å². The molecule has 0 bridgehead atoms. The molecule has 0 saturated carbocycles. The van der Waals surface area contributed by atoms with E-state index in [1.807, 2.05) is 23.1 Å². The van der Waals surface area contributed by atoms with Crippen molar-refractivity contribution in [3.05, 3.63) is 53.4 Å². The lowest BCUT2D eigenvalue weighted by atomic mass is 10.1. The van der Waals surface area contributed by atoms with Crippen molar-refractivity contribution in [3.8, 4) is 0 Å². The minimum Gasteiger partial charge on any atom is -0.364 e. The molecule has 1 fully saturated rings. The van der Waals surface area contributed by atoms with Gasteiger partial charge in [-0.1, -0.05) is 17.3 Å². The predicted octanol–water partition coefficient (Wildman–Crippen LogP) is 0.257. The zero-order chi connectivity index (χ0) is 21.6. The molecule has 2 heterocycles. The van der Waals surface area contributed by atoms with Crippen LogP contribution in [0, 0.1) is 0 Å². The Kier molecular flexibility index (Phi) is 7.06. The molecule has 11 heteroatoms. The van der Waals surface area contributed by atoms with Gasteiger partial charge in [-0.25, -0.2) is 8.42 Å². The van der Waals surface area contributed by atoms with E-state index in [4.69, 9.17) is 4.52 Å². The van der Waals surface area contributed by atoms with E-state index >= 15 is 0 Å². The highest BCUT2D eigenvalue weighted by atomic mass is 32.2. The van der Waals surface area contributed by atoms with Crippen LogP contribution >= 0.6 is 0 Å². The third kappa shape index (κ3) is 5.36. The molecule has 30 heavy (non-hydrogen) atoms. The lowest BCUT2D eigenvalue weighted by molar-refractivity contribution is 0.0963. The van der Waals surface area contributed by atoms with E-state index in [-0.39, 0.29) is 11.7 Å². The third-order valence-corrected chi connectivity index (χ3v) is 6.64. The summed E-state index contributed by atoms with van der Waals surface area (Å²) in [5.41, 5.74) is 1.94. The van der Waals surface area contributed by atoms with Crippen LogP contribution in [0.5, 0.6) is 0 Å². The van der Waals surface area contributed by atoms with Crippen molar-refractivity contribution < 1.29 is 17.7 Å². The molecule has 0 spiro atoms. The molecule has 3 rings (SSSR count). The molecule has 162 valence electrons. The van der Waals surface area contributed by atoms with Crippen molar-refractivity contribution in [2.45, 2.75) is 12.3 Å². The van der Waals surface area contributed by atoms with E-state index < -0.39 is 10.0 Å². The van der Waals surface area contributed by atoms with Crippen LogP contribution in [-0.2, 0) is 22.3 Å². The lowest BCUT2D eigenvalue weighted by Crippen LogP contribution is -2.53. The molecule has 1 aromatic carbocycles. The summed E-state index contributed by atoms with van der Waals surface area (Å²) < 4.78 is 31.3. The number of piperazine rings is 1. The molecule has 2 N–H and O–H groups in total. The van der Waals surface area contributed by atoms with Crippen LogP contribution in [-0.4, -0.2) is 74.9 Å². The Morgan fingerprint density at radius 2 is 2.00 bits per heavy atom. The summed E-state index contributed by atoms with van der Waals surface area (Å²) in [5.74, 6) is 0.385. The largest absolute Gasteiger partial charge is 0.364 e. The fraction of sp³-hybridized carbons (Fsp3) is 0.421. The second kappa shape index (κ2) is 9.72. The van der Waals surface area contributed by atoms with E-state index in [1.54, 1.807) is 26.2 Å². The Morgan fingerprint density at radius 3 is 2.63 bits per heavy atom. The van der Waals surface area contributed by atoms with Gasteiger partial charge in [0, 0.05) is 58.4 Å². The summed E-state index contributed by atoms with van der Waals surface area (Å²) in [6, 6.07) is 8.91. The molecule has 1 aliphatic rings. The van der Waals surface area contributed by atoms with Crippen LogP contribution in [0.3, 0.4) is 0 Å². The average Bonchev–Trinajstić information content (AvgIpc) is 3.26. The first-order valence-corrected chi connectivity index (χ1v) is 11.2. The van der Waals surface area contributed by atoms with Gasteiger partial charge in [0.25, 0.3) is 5.91 Å². The highest BCUT2D eigenvalue weighted by Gasteiger charge is 2.28. The van der Waals surface area contributed by atoms with Crippen LogP contribution < -0.4 is 10.6 Å². The molecule has 1 aromatic heterocycles. The topological polar surface area (TPSA) is 120 Å².